The number of thiazole rings is 1. The fourth-order valence-electron chi connectivity index (χ4n) is 3.35. The van der Waals surface area contributed by atoms with E-state index >= 15 is 0 Å². The zero-order chi connectivity index (χ0) is 23.3. The average molecular weight is 509 g/mol. The molecule has 1 aliphatic rings. The number of benzene rings is 1. The van der Waals surface area contributed by atoms with Crippen LogP contribution in [0.5, 0.6) is 0 Å². The lowest BCUT2D eigenvalue weighted by molar-refractivity contribution is 0.0749. The molecule has 33 heavy (non-hydrogen) atoms. The van der Waals surface area contributed by atoms with Crippen LogP contribution >= 0.6 is 23.1 Å². The van der Waals surface area contributed by atoms with E-state index in [4.69, 9.17) is 4.74 Å². The van der Waals surface area contributed by atoms with Crippen LogP contribution in [0.1, 0.15) is 0 Å². The van der Waals surface area contributed by atoms with E-state index in [1.165, 1.54) is 11.3 Å². The number of hydrogen-bond acceptors (Lipinski definition) is 10. The number of aliphatic hydroxyl groups excluding tert-OH is 1. The Hall–Kier alpha value is -1.96. The van der Waals surface area contributed by atoms with Crippen LogP contribution in [0.3, 0.4) is 0 Å². The Morgan fingerprint density at radius 1 is 1.27 bits per heavy atom. The first-order valence-corrected chi connectivity index (χ1v) is 14.3. The van der Waals surface area contributed by atoms with Gasteiger partial charge in [0.25, 0.3) is 0 Å². The molecular weight excluding hydrogens is 480 g/mol. The highest BCUT2D eigenvalue weighted by Crippen LogP contribution is 2.29. The number of thioether (sulfide) groups is 1. The van der Waals surface area contributed by atoms with Gasteiger partial charge in [-0.05, 0) is 30.3 Å². The number of morpholine rings is 1. The van der Waals surface area contributed by atoms with E-state index in [0.29, 0.717) is 50.2 Å². The summed E-state index contributed by atoms with van der Waals surface area (Å²) in [6.07, 6.45) is 5.51. The molecule has 1 aromatic carbocycles. The second-order valence-corrected chi connectivity index (χ2v) is 11.8. The highest BCUT2D eigenvalue weighted by Gasteiger charge is 2.22. The predicted molar refractivity (Wildman–Crippen MR) is 137 cm³/mol. The minimum absolute atomic E-state index is 0.0149. The van der Waals surface area contributed by atoms with Crippen molar-refractivity contribution in [1.29, 1.82) is 0 Å². The first kappa shape index (κ1) is 24.2. The molecular formula is C21H28N6O3S3. The number of nitrogens with zero attached hydrogens (tertiary/aromatic N) is 4. The van der Waals surface area contributed by atoms with E-state index in [-0.39, 0.29) is 12.5 Å². The van der Waals surface area contributed by atoms with Crippen LogP contribution in [0.15, 0.2) is 40.4 Å². The van der Waals surface area contributed by atoms with Crippen LogP contribution in [0.2, 0.25) is 0 Å². The van der Waals surface area contributed by atoms with E-state index in [0.717, 1.165) is 20.2 Å². The summed E-state index contributed by atoms with van der Waals surface area (Å²) in [4.78, 5) is 14.9. The summed E-state index contributed by atoms with van der Waals surface area (Å²) in [7, 11) is -2.55. The van der Waals surface area contributed by atoms with E-state index in [9.17, 15) is 9.32 Å². The summed E-state index contributed by atoms with van der Waals surface area (Å²) in [5, 5.41) is 17.0. The number of ether oxygens (including phenoxy) is 1. The lowest BCUT2D eigenvalue weighted by Crippen LogP contribution is -2.40. The van der Waals surface area contributed by atoms with E-state index in [1.54, 1.807) is 24.2 Å². The van der Waals surface area contributed by atoms with Gasteiger partial charge in [-0.25, -0.2) is 23.5 Å². The zero-order valence-corrected chi connectivity index (χ0v) is 20.8. The normalized spacial score (nSPS) is 17.5. The van der Waals surface area contributed by atoms with Crippen molar-refractivity contribution < 1.29 is 14.1 Å². The zero-order valence-electron chi connectivity index (χ0n) is 18.4. The van der Waals surface area contributed by atoms with Gasteiger partial charge >= 0.3 is 0 Å². The first-order chi connectivity index (χ1) is 16.0. The third kappa shape index (κ3) is 5.94. The van der Waals surface area contributed by atoms with Gasteiger partial charge in [-0.3, -0.25) is 0 Å². The molecule has 1 saturated heterocycles. The van der Waals surface area contributed by atoms with Crippen molar-refractivity contribution in [2.75, 3.05) is 62.9 Å². The van der Waals surface area contributed by atoms with E-state index in [1.807, 2.05) is 28.8 Å². The van der Waals surface area contributed by atoms with Gasteiger partial charge in [-0.2, -0.15) is 0 Å². The minimum Gasteiger partial charge on any atom is -0.396 e. The van der Waals surface area contributed by atoms with Gasteiger partial charge in [0.05, 0.1) is 33.1 Å². The molecule has 3 aromatic rings. The van der Waals surface area contributed by atoms with Crippen molar-refractivity contribution in [1.82, 2.24) is 19.3 Å². The lowest BCUT2D eigenvalue weighted by atomic mass is 10.1. The Balaban J connectivity index is 1.37. The van der Waals surface area contributed by atoms with Gasteiger partial charge in [0.1, 0.15) is 0 Å². The molecule has 0 bridgehead atoms. The summed E-state index contributed by atoms with van der Waals surface area (Å²) in [5.41, 5.74) is 0.837. The Labute approximate surface area is 202 Å². The highest BCUT2D eigenvalue weighted by molar-refractivity contribution is 7.98. The second kappa shape index (κ2) is 11.0. The maximum atomic E-state index is 13.4. The molecule has 1 aliphatic heterocycles. The molecule has 178 valence electrons. The highest BCUT2D eigenvalue weighted by atomic mass is 32.2. The quantitative estimate of drug-likeness (QED) is 0.280. The van der Waals surface area contributed by atoms with Gasteiger partial charge in [0.15, 0.2) is 5.13 Å². The number of anilines is 2. The van der Waals surface area contributed by atoms with Crippen molar-refractivity contribution in [3.8, 4) is 0 Å². The van der Waals surface area contributed by atoms with Gasteiger partial charge in [0, 0.05) is 60.9 Å². The number of fused-ring (bicyclic) bond motifs is 1. The van der Waals surface area contributed by atoms with E-state index < -0.39 is 9.71 Å². The van der Waals surface area contributed by atoms with Crippen molar-refractivity contribution in [2.24, 2.45) is 5.92 Å². The molecule has 0 radical (unpaired) electrons. The monoisotopic (exact) mass is 508 g/mol. The number of aliphatic hydroxyl groups is 1. The molecule has 9 nitrogen and oxygen atoms in total. The molecule has 1 unspecified atom stereocenters. The average Bonchev–Trinajstić information content (AvgIpc) is 3.27. The van der Waals surface area contributed by atoms with Crippen molar-refractivity contribution in [3.05, 3.63) is 30.6 Å². The number of nitrogens with one attached hydrogen (secondary N) is 2. The summed E-state index contributed by atoms with van der Waals surface area (Å²) in [6.45, 7) is 3.44. The second-order valence-electron chi connectivity index (χ2n) is 7.59. The minimum atomic E-state index is -2.55. The van der Waals surface area contributed by atoms with Crippen molar-refractivity contribution in [3.63, 3.8) is 0 Å². The SMILES string of the molecule is C=S(=O)(c1ccc2nc(NC[C@H](CO)CNc3ncc(SC)cn3)sc2c1)N1CCOCC1. The predicted octanol–water partition coefficient (Wildman–Crippen LogP) is 2.26. The van der Waals surface area contributed by atoms with Gasteiger partial charge < -0.3 is 20.5 Å². The van der Waals surface area contributed by atoms with Crippen LogP contribution in [0.25, 0.3) is 10.2 Å². The molecule has 2 atom stereocenters. The van der Waals surface area contributed by atoms with E-state index in [2.05, 4.69) is 31.5 Å². The van der Waals surface area contributed by atoms with Crippen molar-refractivity contribution >= 4 is 60.0 Å². The molecule has 3 heterocycles. The molecule has 1 fully saturated rings. The molecule has 3 N–H and O–H groups in total. The topological polar surface area (TPSA) is 112 Å². The molecule has 0 amide bonds. The van der Waals surface area contributed by atoms with Crippen LogP contribution in [0.4, 0.5) is 11.1 Å². The first-order valence-electron chi connectivity index (χ1n) is 10.5. The molecule has 0 spiro atoms. The summed E-state index contributed by atoms with van der Waals surface area (Å²) in [6, 6.07) is 5.65. The van der Waals surface area contributed by atoms with Crippen LogP contribution in [-0.4, -0.2) is 86.7 Å². The van der Waals surface area contributed by atoms with Crippen LogP contribution < -0.4 is 10.6 Å². The van der Waals surface area contributed by atoms with Crippen LogP contribution in [0, 0.1) is 5.92 Å². The van der Waals surface area contributed by atoms with Gasteiger partial charge in [-0.15, -0.1) is 11.8 Å². The Morgan fingerprint density at radius 2 is 2.00 bits per heavy atom. The largest absolute Gasteiger partial charge is 0.396 e. The molecule has 0 aliphatic carbocycles. The summed E-state index contributed by atoms with van der Waals surface area (Å²) >= 11 is 3.08. The molecule has 2 aromatic heterocycles. The fraction of sp³-hybridized carbons (Fsp3) is 0.429. The standard InChI is InChI=1S/C21H28N6O3S3/c1-31-16-12-23-20(24-13-16)22-10-15(14-28)11-25-21-26-18-4-3-17(9-19(18)32-21)33(2,29)27-5-7-30-8-6-27/h3-4,9,12-13,15,28H,2,5-8,10-11,14H2,1H3,(H,25,26)(H,22,23,24)/t15-,33?/m1/s1. The number of rotatable bonds is 10. The lowest BCUT2D eigenvalue weighted by Gasteiger charge is -2.29. The third-order valence-corrected chi connectivity index (χ3v) is 9.18. The molecule has 0 saturated carbocycles. The smallest absolute Gasteiger partial charge is 0.222 e. The summed E-state index contributed by atoms with van der Waals surface area (Å²) in [5.74, 6) is 4.52. The van der Waals surface area contributed by atoms with Crippen LogP contribution in [-0.2, 0) is 14.4 Å². The van der Waals surface area contributed by atoms with Gasteiger partial charge in [0.2, 0.25) is 5.95 Å². The fourth-order valence-corrected chi connectivity index (χ4v) is 6.27. The maximum absolute atomic E-state index is 13.4. The Bertz CT molecular complexity index is 1160. The number of aromatic nitrogens is 3. The Morgan fingerprint density at radius 3 is 2.70 bits per heavy atom. The van der Waals surface area contributed by atoms with Gasteiger partial charge in [-0.1, -0.05) is 11.3 Å². The maximum Gasteiger partial charge on any atom is 0.222 e. The van der Waals surface area contributed by atoms with Crippen molar-refractivity contribution in [2.45, 2.75) is 9.79 Å². The molecule has 12 heteroatoms. The Kier molecular flexibility index (Phi) is 8.04. The third-order valence-electron chi connectivity index (χ3n) is 5.33. The number of hydrogen-bond donors (Lipinski definition) is 3. The molecule has 4 rings (SSSR count). The summed E-state index contributed by atoms with van der Waals surface area (Å²) < 4.78 is 21.6.